The molecule has 0 spiro atoms. The van der Waals surface area contributed by atoms with E-state index in [0.29, 0.717) is 19.0 Å². The van der Waals surface area contributed by atoms with Crippen LogP contribution in [0.3, 0.4) is 0 Å². The fourth-order valence-corrected chi connectivity index (χ4v) is 2.56. The largest absolute Gasteiger partial charge is 0.326 e. The number of carbonyl (C=O) groups excluding carboxylic acids is 1. The molecular weight excluding hydrogens is 266 g/mol. The minimum absolute atomic E-state index is 0.0680. The summed E-state index contributed by atoms with van der Waals surface area (Å²) in [6.07, 6.45) is 6.00. The third kappa shape index (κ3) is 3.88. The van der Waals surface area contributed by atoms with E-state index in [1.807, 2.05) is 24.3 Å². The van der Waals surface area contributed by atoms with E-state index in [0.717, 1.165) is 30.6 Å². The molecule has 1 saturated heterocycles. The second kappa shape index (κ2) is 6.49. The van der Waals surface area contributed by atoms with Crippen LogP contribution in [0.4, 0.5) is 5.69 Å². The average Bonchev–Trinajstić information content (AvgIpc) is 3.14. The van der Waals surface area contributed by atoms with E-state index in [4.69, 9.17) is 0 Å². The predicted molar refractivity (Wildman–Crippen MR) is 79.8 cm³/mol. The molecule has 1 aromatic heterocycles. The molecule has 1 amide bonds. The first-order chi connectivity index (χ1) is 10.3. The lowest BCUT2D eigenvalue weighted by Crippen LogP contribution is -2.27. The Morgan fingerprint density at radius 3 is 2.90 bits per heavy atom. The van der Waals surface area contributed by atoms with Crippen LogP contribution in [0.5, 0.6) is 0 Å². The van der Waals surface area contributed by atoms with E-state index in [-0.39, 0.29) is 5.91 Å². The van der Waals surface area contributed by atoms with E-state index >= 15 is 0 Å². The minimum Gasteiger partial charge on any atom is -0.326 e. The number of hydrogen-bond donors (Lipinski definition) is 2. The fraction of sp³-hybridized carbons (Fsp3) is 0.400. The molecule has 0 bridgehead atoms. The smallest absolute Gasteiger partial charge is 0.225 e. The number of rotatable bonds is 5. The van der Waals surface area contributed by atoms with Gasteiger partial charge in [-0.25, -0.2) is 9.67 Å². The zero-order chi connectivity index (χ0) is 14.5. The maximum absolute atomic E-state index is 11.9. The van der Waals surface area contributed by atoms with E-state index in [1.165, 1.54) is 6.33 Å². The SMILES string of the molecule is O=C(CC1CCCN1)Nc1ccc(Cn2cncn2)cc1. The summed E-state index contributed by atoms with van der Waals surface area (Å²) in [6.45, 7) is 1.70. The summed E-state index contributed by atoms with van der Waals surface area (Å²) in [5.41, 5.74) is 1.95. The lowest BCUT2D eigenvalue weighted by Gasteiger charge is -2.11. The number of aromatic nitrogens is 3. The maximum atomic E-state index is 11.9. The van der Waals surface area contributed by atoms with Crippen LogP contribution in [0.2, 0.25) is 0 Å². The second-order valence-corrected chi connectivity index (χ2v) is 5.34. The number of nitrogens with zero attached hydrogens (tertiary/aromatic N) is 3. The van der Waals surface area contributed by atoms with Crippen LogP contribution in [0.15, 0.2) is 36.9 Å². The quantitative estimate of drug-likeness (QED) is 0.871. The van der Waals surface area contributed by atoms with Crippen molar-refractivity contribution in [3.8, 4) is 0 Å². The van der Waals surface area contributed by atoms with Gasteiger partial charge in [0.05, 0.1) is 6.54 Å². The third-order valence-corrected chi connectivity index (χ3v) is 3.64. The molecule has 1 fully saturated rings. The number of hydrogen-bond acceptors (Lipinski definition) is 4. The average molecular weight is 285 g/mol. The summed E-state index contributed by atoms with van der Waals surface area (Å²) in [7, 11) is 0. The lowest BCUT2D eigenvalue weighted by molar-refractivity contribution is -0.116. The molecule has 3 rings (SSSR count). The van der Waals surface area contributed by atoms with Gasteiger partial charge in [-0.1, -0.05) is 12.1 Å². The van der Waals surface area contributed by atoms with Gasteiger partial charge in [-0.3, -0.25) is 4.79 Å². The molecule has 21 heavy (non-hydrogen) atoms. The van der Waals surface area contributed by atoms with Crippen molar-refractivity contribution in [1.29, 1.82) is 0 Å². The Hall–Kier alpha value is -2.21. The first-order valence-corrected chi connectivity index (χ1v) is 7.24. The van der Waals surface area contributed by atoms with Gasteiger partial charge >= 0.3 is 0 Å². The van der Waals surface area contributed by atoms with Crippen molar-refractivity contribution >= 4 is 11.6 Å². The summed E-state index contributed by atoms with van der Waals surface area (Å²) in [5.74, 6) is 0.0680. The van der Waals surface area contributed by atoms with Gasteiger partial charge in [-0.15, -0.1) is 0 Å². The highest BCUT2D eigenvalue weighted by molar-refractivity contribution is 5.91. The van der Waals surface area contributed by atoms with Crippen molar-refractivity contribution in [2.75, 3.05) is 11.9 Å². The number of amides is 1. The van der Waals surface area contributed by atoms with Crippen LogP contribution in [0, 0.1) is 0 Å². The van der Waals surface area contributed by atoms with E-state index in [9.17, 15) is 4.79 Å². The molecule has 6 nitrogen and oxygen atoms in total. The van der Waals surface area contributed by atoms with Crippen molar-refractivity contribution in [3.05, 3.63) is 42.5 Å². The number of benzene rings is 1. The summed E-state index contributed by atoms with van der Waals surface area (Å²) < 4.78 is 1.76. The topological polar surface area (TPSA) is 71.8 Å². The molecule has 1 atom stereocenters. The van der Waals surface area contributed by atoms with Crippen molar-refractivity contribution in [2.24, 2.45) is 0 Å². The molecule has 0 aliphatic carbocycles. The van der Waals surface area contributed by atoms with Gasteiger partial charge in [0.1, 0.15) is 12.7 Å². The first kappa shape index (κ1) is 13.8. The lowest BCUT2D eigenvalue weighted by atomic mass is 10.1. The molecule has 2 aromatic rings. The van der Waals surface area contributed by atoms with Gasteiger partial charge in [0, 0.05) is 18.2 Å². The van der Waals surface area contributed by atoms with Crippen molar-refractivity contribution in [1.82, 2.24) is 20.1 Å². The van der Waals surface area contributed by atoms with Crippen LogP contribution in [-0.2, 0) is 11.3 Å². The van der Waals surface area contributed by atoms with Crippen LogP contribution in [-0.4, -0.2) is 33.3 Å². The van der Waals surface area contributed by atoms with Crippen molar-refractivity contribution < 1.29 is 4.79 Å². The Kier molecular flexibility index (Phi) is 4.25. The third-order valence-electron chi connectivity index (χ3n) is 3.64. The highest BCUT2D eigenvalue weighted by Crippen LogP contribution is 2.13. The monoisotopic (exact) mass is 285 g/mol. The number of carbonyl (C=O) groups is 1. The Bertz CT molecular complexity index is 573. The standard InChI is InChI=1S/C15H19N5O/c21-15(8-14-2-1-7-17-14)19-13-5-3-12(4-6-13)9-20-11-16-10-18-20/h3-6,10-11,14,17H,1-2,7-9H2,(H,19,21). The van der Waals surface area contributed by atoms with Gasteiger partial charge in [-0.2, -0.15) is 5.10 Å². The zero-order valence-corrected chi connectivity index (χ0v) is 11.8. The fourth-order valence-electron chi connectivity index (χ4n) is 2.56. The highest BCUT2D eigenvalue weighted by Gasteiger charge is 2.17. The predicted octanol–water partition coefficient (Wildman–Crippen LogP) is 1.41. The van der Waals surface area contributed by atoms with Crippen LogP contribution < -0.4 is 10.6 Å². The minimum atomic E-state index is 0.0680. The number of anilines is 1. The van der Waals surface area contributed by atoms with Crippen molar-refractivity contribution in [3.63, 3.8) is 0 Å². The summed E-state index contributed by atoms with van der Waals surface area (Å²) >= 11 is 0. The van der Waals surface area contributed by atoms with Crippen LogP contribution >= 0.6 is 0 Å². The summed E-state index contributed by atoms with van der Waals surface area (Å²) in [6, 6.07) is 8.16. The van der Waals surface area contributed by atoms with Crippen LogP contribution in [0.25, 0.3) is 0 Å². The maximum Gasteiger partial charge on any atom is 0.225 e. The molecule has 2 N–H and O–H groups in total. The van der Waals surface area contributed by atoms with E-state index in [1.54, 1.807) is 11.0 Å². The molecule has 1 aliphatic rings. The molecule has 0 saturated carbocycles. The Morgan fingerprint density at radius 1 is 1.38 bits per heavy atom. The summed E-state index contributed by atoms with van der Waals surface area (Å²) in [4.78, 5) is 15.8. The molecule has 6 heteroatoms. The summed E-state index contributed by atoms with van der Waals surface area (Å²) in [5, 5.41) is 10.3. The Labute approximate surface area is 123 Å². The van der Waals surface area contributed by atoms with Crippen molar-refractivity contribution in [2.45, 2.75) is 31.8 Å². The Morgan fingerprint density at radius 2 is 2.24 bits per heavy atom. The zero-order valence-electron chi connectivity index (χ0n) is 11.8. The van der Waals surface area contributed by atoms with E-state index in [2.05, 4.69) is 20.7 Å². The van der Waals surface area contributed by atoms with Gasteiger partial charge < -0.3 is 10.6 Å². The first-order valence-electron chi connectivity index (χ1n) is 7.24. The number of nitrogens with one attached hydrogen (secondary N) is 2. The molecular formula is C15H19N5O. The van der Waals surface area contributed by atoms with Gasteiger partial charge in [0.2, 0.25) is 5.91 Å². The highest BCUT2D eigenvalue weighted by atomic mass is 16.1. The molecule has 2 heterocycles. The van der Waals surface area contributed by atoms with Gasteiger partial charge in [0.15, 0.2) is 0 Å². The second-order valence-electron chi connectivity index (χ2n) is 5.34. The molecule has 1 aliphatic heterocycles. The molecule has 110 valence electrons. The Balaban J connectivity index is 1.52. The van der Waals surface area contributed by atoms with E-state index < -0.39 is 0 Å². The van der Waals surface area contributed by atoms with Gasteiger partial charge in [-0.05, 0) is 37.1 Å². The molecule has 1 aromatic carbocycles. The normalized spacial score (nSPS) is 17.8. The van der Waals surface area contributed by atoms with Crippen LogP contribution in [0.1, 0.15) is 24.8 Å². The molecule has 0 radical (unpaired) electrons. The van der Waals surface area contributed by atoms with Gasteiger partial charge in [0.25, 0.3) is 0 Å². The molecule has 1 unspecified atom stereocenters.